The van der Waals surface area contributed by atoms with Crippen LogP contribution < -0.4 is 10.6 Å². The van der Waals surface area contributed by atoms with Gasteiger partial charge in [0.05, 0.1) is 12.6 Å². The van der Waals surface area contributed by atoms with Gasteiger partial charge < -0.3 is 15.4 Å². The topological polar surface area (TPSA) is 50.4 Å². The second kappa shape index (κ2) is 5.64. The number of hydrogen-bond donors (Lipinski definition) is 2. The second-order valence-electron chi connectivity index (χ2n) is 5.54. The summed E-state index contributed by atoms with van der Waals surface area (Å²) in [7, 11) is 1.73. The van der Waals surface area contributed by atoms with Gasteiger partial charge in [0.2, 0.25) is 5.91 Å². The zero-order chi connectivity index (χ0) is 12.2. The van der Waals surface area contributed by atoms with E-state index in [9.17, 15) is 4.79 Å². The lowest BCUT2D eigenvalue weighted by molar-refractivity contribution is -0.121. The molecule has 0 saturated heterocycles. The lowest BCUT2D eigenvalue weighted by Gasteiger charge is -2.21. The van der Waals surface area contributed by atoms with Crippen LogP contribution in [0.2, 0.25) is 0 Å². The minimum atomic E-state index is -0.0118. The molecule has 0 spiro atoms. The van der Waals surface area contributed by atoms with Crippen molar-refractivity contribution in [3.05, 3.63) is 0 Å². The fourth-order valence-electron chi connectivity index (χ4n) is 1.91. The Labute approximate surface area is 98.1 Å². The van der Waals surface area contributed by atoms with Crippen LogP contribution in [0.15, 0.2) is 0 Å². The molecule has 1 fully saturated rings. The van der Waals surface area contributed by atoms with Crippen LogP contribution >= 0.6 is 0 Å². The first-order chi connectivity index (χ1) is 7.40. The predicted octanol–water partition coefficient (Wildman–Crippen LogP) is 1.06. The summed E-state index contributed by atoms with van der Waals surface area (Å²) in [6.45, 7) is 6.54. The van der Waals surface area contributed by atoms with Gasteiger partial charge in [0, 0.05) is 18.7 Å². The predicted molar refractivity (Wildman–Crippen MR) is 64.3 cm³/mol. The molecule has 0 radical (unpaired) electrons. The van der Waals surface area contributed by atoms with Crippen molar-refractivity contribution < 1.29 is 9.53 Å². The molecule has 1 aliphatic carbocycles. The molecule has 94 valence electrons. The van der Waals surface area contributed by atoms with Crippen molar-refractivity contribution >= 4 is 5.91 Å². The normalized spacial score (nSPS) is 25.8. The molecular weight excluding hydrogens is 204 g/mol. The summed E-state index contributed by atoms with van der Waals surface area (Å²) < 4.78 is 5.27. The highest BCUT2D eigenvalue weighted by Crippen LogP contribution is 2.21. The summed E-state index contributed by atoms with van der Waals surface area (Å²) in [6, 6.07) is 0.291. The zero-order valence-electron chi connectivity index (χ0n) is 10.8. The number of nitrogens with one attached hydrogen (secondary N) is 2. The number of methoxy groups -OCH3 is 1. The first kappa shape index (κ1) is 13.5. The Hall–Kier alpha value is -0.610. The van der Waals surface area contributed by atoms with Gasteiger partial charge in [0.1, 0.15) is 0 Å². The second-order valence-corrected chi connectivity index (χ2v) is 5.54. The van der Waals surface area contributed by atoms with Gasteiger partial charge in [0.15, 0.2) is 0 Å². The number of rotatable bonds is 4. The van der Waals surface area contributed by atoms with E-state index in [1.54, 1.807) is 7.11 Å². The van der Waals surface area contributed by atoms with E-state index in [0.717, 1.165) is 19.3 Å². The molecule has 0 aromatic carbocycles. The van der Waals surface area contributed by atoms with Crippen LogP contribution in [0.25, 0.3) is 0 Å². The van der Waals surface area contributed by atoms with Crippen molar-refractivity contribution in [2.45, 2.75) is 57.7 Å². The zero-order valence-corrected chi connectivity index (χ0v) is 10.8. The minimum absolute atomic E-state index is 0.0118. The first-order valence-electron chi connectivity index (χ1n) is 5.98. The summed E-state index contributed by atoms with van der Waals surface area (Å²) in [5, 5.41) is 6.21. The molecule has 1 aliphatic rings. The van der Waals surface area contributed by atoms with E-state index < -0.39 is 0 Å². The Balaban J connectivity index is 2.20. The van der Waals surface area contributed by atoms with Crippen LogP contribution in [-0.4, -0.2) is 37.2 Å². The van der Waals surface area contributed by atoms with Crippen molar-refractivity contribution in [1.82, 2.24) is 10.6 Å². The van der Waals surface area contributed by atoms with Gasteiger partial charge in [-0.25, -0.2) is 0 Å². The van der Waals surface area contributed by atoms with Crippen molar-refractivity contribution in [2.75, 3.05) is 13.7 Å². The molecule has 4 heteroatoms. The van der Waals surface area contributed by atoms with E-state index in [2.05, 4.69) is 31.4 Å². The number of amides is 1. The van der Waals surface area contributed by atoms with Crippen molar-refractivity contribution in [3.8, 4) is 0 Å². The summed E-state index contributed by atoms with van der Waals surface area (Å²) in [5.41, 5.74) is -0.0118. The fraction of sp³-hybridized carbons (Fsp3) is 0.917. The maximum atomic E-state index is 11.6. The smallest absolute Gasteiger partial charge is 0.234 e. The third-order valence-corrected chi connectivity index (χ3v) is 2.86. The molecule has 1 amide bonds. The number of carbonyl (C=O) groups is 1. The molecule has 2 atom stereocenters. The standard InChI is InChI=1S/C12H24N2O2/c1-12(2,3)13-8-11(15)14-9-5-6-10(7-9)16-4/h9-10,13H,5-8H2,1-4H3,(H,14,15). The lowest BCUT2D eigenvalue weighted by atomic mass is 10.1. The molecular formula is C12H24N2O2. The molecule has 4 nitrogen and oxygen atoms in total. The van der Waals surface area contributed by atoms with Crippen LogP contribution in [-0.2, 0) is 9.53 Å². The van der Waals surface area contributed by atoms with Crippen molar-refractivity contribution in [3.63, 3.8) is 0 Å². The number of carbonyl (C=O) groups excluding carboxylic acids is 1. The monoisotopic (exact) mass is 228 g/mol. The molecule has 0 heterocycles. The van der Waals surface area contributed by atoms with Gasteiger partial charge in [-0.2, -0.15) is 0 Å². The van der Waals surface area contributed by atoms with Gasteiger partial charge in [-0.3, -0.25) is 4.79 Å². The van der Waals surface area contributed by atoms with E-state index in [-0.39, 0.29) is 11.4 Å². The summed E-state index contributed by atoms with van der Waals surface area (Å²) >= 11 is 0. The highest BCUT2D eigenvalue weighted by molar-refractivity contribution is 5.78. The molecule has 0 aliphatic heterocycles. The van der Waals surface area contributed by atoms with Crippen LogP contribution in [0, 0.1) is 0 Å². The maximum absolute atomic E-state index is 11.6. The quantitative estimate of drug-likeness (QED) is 0.756. The van der Waals surface area contributed by atoms with Crippen LogP contribution in [0.5, 0.6) is 0 Å². The average Bonchev–Trinajstić information content (AvgIpc) is 2.61. The highest BCUT2D eigenvalue weighted by Gasteiger charge is 2.25. The van der Waals surface area contributed by atoms with Gasteiger partial charge in [-0.1, -0.05) is 0 Å². The van der Waals surface area contributed by atoms with Crippen molar-refractivity contribution in [2.24, 2.45) is 0 Å². The molecule has 2 unspecified atom stereocenters. The molecule has 1 rings (SSSR count). The molecule has 1 saturated carbocycles. The van der Waals surface area contributed by atoms with E-state index in [1.807, 2.05) is 0 Å². The SMILES string of the molecule is COC1CCC(NC(=O)CNC(C)(C)C)C1. The van der Waals surface area contributed by atoms with Gasteiger partial charge in [-0.05, 0) is 40.0 Å². The van der Waals surface area contributed by atoms with E-state index in [0.29, 0.717) is 18.7 Å². The molecule has 0 aromatic rings. The lowest BCUT2D eigenvalue weighted by Crippen LogP contribution is -2.45. The van der Waals surface area contributed by atoms with Gasteiger partial charge in [-0.15, -0.1) is 0 Å². The highest BCUT2D eigenvalue weighted by atomic mass is 16.5. The Morgan fingerprint density at radius 2 is 2.06 bits per heavy atom. The van der Waals surface area contributed by atoms with E-state index in [1.165, 1.54) is 0 Å². The van der Waals surface area contributed by atoms with Crippen LogP contribution in [0.4, 0.5) is 0 Å². The van der Waals surface area contributed by atoms with E-state index >= 15 is 0 Å². The molecule has 0 bridgehead atoms. The third kappa shape index (κ3) is 4.94. The molecule has 2 N–H and O–H groups in total. The fourth-order valence-corrected chi connectivity index (χ4v) is 1.91. The minimum Gasteiger partial charge on any atom is -0.381 e. The van der Waals surface area contributed by atoms with Crippen LogP contribution in [0.1, 0.15) is 40.0 Å². The van der Waals surface area contributed by atoms with Crippen LogP contribution in [0.3, 0.4) is 0 Å². The van der Waals surface area contributed by atoms with E-state index in [4.69, 9.17) is 4.74 Å². The van der Waals surface area contributed by atoms with Crippen molar-refractivity contribution in [1.29, 1.82) is 0 Å². The molecule has 0 aromatic heterocycles. The Morgan fingerprint density at radius 1 is 1.38 bits per heavy atom. The average molecular weight is 228 g/mol. The third-order valence-electron chi connectivity index (χ3n) is 2.86. The maximum Gasteiger partial charge on any atom is 0.234 e. The summed E-state index contributed by atoms with van der Waals surface area (Å²) in [6.07, 6.45) is 3.34. The molecule has 16 heavy (non-hydrogen) atoms. The van der Waals surface area contributed by atoms with Gasteiger partial charge in [0.25, 0.3) is 0 Å². The summed E-state index contributed by atoms with van der Waals surface area (Å²) in [4.78, 5) is 11.6. The summed E-state index contributed by atoms with van der Waals surface area (Å²) in [5.74, 6) is 0.0803. The van der Waals surface area contributed by atoms with Gasteiger partial charge >= 0.3 is 0 Å². The first-order valence-corrected chi connectivity index (χ1v) is 5.98. The Kier molecular flexibility index (Phi) is 4.74. The number of hydrogen-bond acceptors (Lipinski definition) is 3. The largest absolute Gasteiger partial charge is 0.381 e. The Bertz CT molecular complexity index is 236. The Morgan fingerprint density at radius 3 is 2.56 bits per heavy atom. The number of ether oxygens (including phenoxy) is 1.